The van der Waals surface area contributed by atoms with E-state index in [1.807, 2.05) is 61.5 Å². The van der Waals surface area contributed by atoms with E-state index < -0.39 is 16.1 Å². The summed E-state index contributed by atoms with van der Waals surface area (Å²) in [5.41, 5.74) is 3.64. The maximum absolute atomic E-state index is 14.6. The Balaban J connectivity index is 1.95. The maximum atomic E-state index is 14.6. The number of hydrogen-bond acceptors (Lipinski definition) is 4. The van der Waals surface area contributed by atoms with Crippen LogP contribution >= 0.6 is 15.9 Å². The molecule has 1 atom stereocenters. The largest absolute Gasteiger partial charge is 0.265 e. The molecule has 0 fully saturated rings. The van der Waals surface area contributed by atoms with Gasteiger partial charge >= 0.3 is 0 Å². The normalized spacial score (nSPS) is 15.6. The molecule has 0 N–H and O–H groups in total. The van der Waals surface area contributed by atoms with Crippen molar-refractivity contribution in [3.8, 4) is 12.1 Å². The molecular weight excluding hydrogens is 570 g/mol. The Morgan fingerprint density at radius 3 is 1.97 bits per heavy atom. The molecule has 1 heterocycles. The van der Waals surface area contributed by atoms with Gasteiger partial charge < -0.3 is 0 Å². The van der Waals surface area contributed by atoms with Gasteiger partial charge in [-0.25, -0.2) is 8.42 Å². The van der Waals surface area contributed by atoms with Gasteiger partial charge in [-0.05, 0) is 42.3 Å². The summed E-state index contributed by atoms with van der Waals surface area (Å²) in [6.45, 7) is 1.88. The summed E-state index contributed by atoms with van der Waals surface area (Å²) in [5, 5.41) is 21.2. The molecule has 0 amide bonds. The summed E-state index contributed by atoms with van der Waals surface area (Å²) in [6, 6.07) is 35.6. The Kier molecular flexibility index (Phi) is 7.21. The van der Waals surface area contributed by atoms with Crippen molar-refractivity contribution in [2.24, 2.45) is 0 Å². The fourth-order valence-electron chi connectivity index (χ4n) is 4.80. The summed E-state index contributed by atoms with van der Waals surface area (Å²) in [7, 11) is -4.25. The second-order valence-corrected chi connectivity index (χ2v) is 11.8. The third-order valence-corrected chi connectivity index (χ3v) is 8.84. The monoisotopic (exact) mass is 591 g/mol. The first kappa shape index (κ1) is 26.2. The fourth-order valence-corrected chi connectivity index (χ4v) is 6.85. The van der Waals surface area contributed by atoms with Gasteiger partial charge in [0.2, 0.25) is 0 Å². The standard InChI is InChI=1S/C32H22BrN3O2S/c1-22-15-17-27(18-16-22)39(37,38)36-31(24-11-6-3-7-12-24)28(20-34)30(23-9-4-2-5-10-23)29(21-35)32(36)25-13-8-14-26(33)19-25/h2-19,31H,1H3. The molecule has 0 saturated heterocycles. The molecule has 1 aliphatic rings. The minimum atomic E-state index is -4.25. The van der Waals surface area contributed by atoms with Crippen molar-refractivity contribution >= 4 is 37.2 Å². The first-order chi connectivity index (χ1) is 18.9. The SMILES string of the molecule is Cc1ccc(S(=O)(=O)N2C(c3cccc(Br)c3)=C(C#N)C(c3ccccc3)=C(C#N)C2c2ccccc2)cc1. The number of nitriles is 2. The summed E-state index contributed by atoms with van der Waals surface area (Å²) < 4.78 is 31.1. The molecule has 0 radical (unpaired) electrons. The second kappa shape index (κ2) is 10.7. The summed E-state index contributed by atoms with van der Waals surface area (Å²) in [4.78, 5) is 0.0688. The van der Waals surface area contributed by atoms with Crippen LogP contribution in [0.2, 0.25) is 0 Å². The Bertz CT molecular complexity index is 1800. The molecule has 190 valence electrons. The maximum Gasteiger partial charge on any atom is 0.265 e. The van der Waals surface area contributed by atoms with Crippen LogP contribution in [0.3, 0.4) is 0 Å². The van der Waals surface area contributed by atoms with Crippen LogP contribution in [0.1, 0.15) is 28.3 Å². The van der Waals surface area contributed by atoms with Crippen LogP contribution in [0.25, 0.3) is 11.3 Å². The number of nitrogens with zero attached hydrogens (tertiary/aromatic N) is 3. The highest BCUT2D eigenvalue weighted by molar-refractivity contribution is 9.10. The molecule has 0 bridgehead atoms. The highest BCUT2D eigenvalue weighted by atomic mass is 79.9. The lowest BCUT2D eigenvalue weighted by atomic mass is 9.82. The molecule has 5 nitrogen and oxygen atoms in total. The van der Waals surface area contributed by atoms with Crippen molar-refractivity contribution in [2.45, 2.75) is 17.9 Å². The Morgan fingerprint density at radius 1 is 0.769 bits per heavy atom. The van der Waals surface area contributed by atoms with Gasteiger partial charge in [-0.3, -0.25) is 4.31 Å². The lowest BCUT2D eigenvalue weighted by Crippen LogP contribution is -2.38. The Hall–Kier alpha value is -4.43. The predicted octanol–water partition coefficient (Wildman–Crippen LogP) is 7.42. The molecular formula is C32H22BrN3O2S. The van der Waals surface area contributed by atoms with Crippen molar-refractivity contribution in [1.29, 1.82) is 10.5 Å². The molecule has 1 aliphatic heterocycles. The van der Waals surface area contributed by atoms with Gasteiger partial charge in [-0.2, -0.15) is 10.5 Å². The average molecular weight is 593 g/mol. The smallest absolute Gasteiger partial charge is 0.252 e. The fraction of sp³-hybridized carbons (Fsp3) is 0.0625. The van der Waals surface area contributed by atoms with Crippen molar-refractivity contribution in [1.82, 2.24) is 4.31 Å². The van der Waals surface area contributed by atoms with Crippen molar-refractivity contribution < 1.29 is 8.42 Å². The van der Waals surface area contributed by atoms with Gasteiger partial charge in [0.25, 0.3) is 10.0 Å². The van der Waals surface area contributed by atoms with E-state index in [4.69, 9.17) is 0 Å². The summed E-state index contributed by atoms with van der Waals surface area (Å²) in [6.07, 6.45) is 0. The molecule has 1 unspecified atom stereocenters. The van der Waals surface area contributed by atoms with Crippen LogP contribution in [0.5, 0.6) is 0 Å². The lowest BCUT2D eigenvalue weighted by molar-refractivity contribution is 0.461. The summed E-state index contributed by atoms with van der Waals surface area (Å²) in [5.74, 6) is 0. The van der Waals surface area contributed by atoms with E-state index in [0.29, 0.717) is 22.3 Å². The molecule has 4 aromatic rings. The van der Waals surface area contributed by atoms with Gasteiger partial charge in [0.1, 0.15) is 12.1 Å². The van der Waals surface area contributed by atoms with Gasteiger partial charge in [0, 0.05) is 15.6 Å². The van der Waals surface area contributed by atoms with E-state index >= 15 is 0 Å². The average Bonchev–Trinajstić information content (AvgIpc) is 2.96. The minimum absolute atomic E-state index is 0.0688. The topological polar surface area (TPSA) is 85.0 Å². The molecule has 7 heteroatoms. The molecule has 0 spiro atoms. The van der Waals surface area contributed by atoms with E-state index in [1.165, 1.54) is 4.31 Å². The van der Waals surface area contributed by atoms with E-state index in [-0.39, 0.29) is 21.7 Å². The third kappa shape index (κ3) is 4.79. The van der Waals surface area contributed by atoms with E-state index in [0.717, 1.165) is 10.0 Å². The van der Waals surface area contributed by atoms with Gasteiger partial charge in [0.15, 0.2) is 0 Å². The Labute approximate surface area is 236 Å². The quantitative estimate of drug-likeness (QED) is 0.242. The number of sulfonamides is 1. The second-order valence-electron chi connectivity index (χ2n) is 9.04. The summed E-state index contributed by atoms with van der Waals surface area (Å²) >= 11 is 3.50. The molecule has 4 aromatic carbocycles. The van der Waals surface area contributed by atoms with Crippen LogP contribution < -0.4 is 0 Å². The number of hydrogen-bond donors (Lipinski definition) is 0. The first-order valence-electron chi connectivity index (χ1n) is 12.1. The van der Waals surface area contributed by atoms with Gasteiger partial charge in [0.05, 0.1) is 27.8 Å². The molecule has 39 heavy (non-hydrogen) atoms. The predicted molar refractivity (Wildman–Crippen MR) is 155 cm³/mol. The highest BCUT2D eigenvalue weighted by Crippen LogP contribution is 2.50. The molecule has 0 aromatic heterocycles. The number of halogens is 1. The number of benzene rings is 4. The first-order valence-corrected chi connectivity index (χ1v) is 14.4. The molecule has 0 saturated carbocycles. The van der Waals surface area contributed by atoms with Crippen LogP contribution in [-0.4, -0.2) is 12.7 Å². The number of allylic oxidation sites excluding steroid dienone is 2. The van der Waals surface area contributed by atoms with Crippen LogP contribution in [0.4, 0.5) is 0 Å². The van der Waals surface area contributed by atoms with Crippen molar-refractivity contribution in [3.63, 3.8) is 0 Å². The zero-order valence-corrected chi connectivity index (χ0v) is 23.3. The van der Waals surface area contributed by atoms with Gasteiger partial charge in [-0.15, -0.1) is 0 Å². The van der Waals surface area contributed by atoms with Crippen LogP contribution in [0, 0.1) is 29.6 Å². The van der Waals surface area contributed by atoms with E-state index in [9.17, 15) is 18.9 Å². The Morgan fingerprint density at radius 2 is 1.38 bits per heavy atom. The van der Waals surface area contributed by atoms with Crippen molar-refractivity contribution in [2.75, 3.05) is 0 Å². The van der Waals surface area contributed by atoms with Crippen molar-refractivity contribution in [3.05, 3.63) is 147 Å². The van der Waals surface area contributed by atoms with E-state index in [1.54, 1.807) is 54.6 Å². The van der Waals surface area contributed by atoms with E-state index in [2.05, 4.69) is 28.1 Å². The molecule has 5 rings (SSSR count). The molecule has 0 aliphatic carbocycles. The zero-order valence-electron chi connectivity index (χ0n) is 20.9. The van der Waals surface area contributed by atoms with Crippen LogP contribution in [0.15, 0.2) is 130 Å². The van der Waals surface area contributed by atoms with Crippen LogP contribution in [-0.2, 0) is 10.0 Å². The minimum Gasteiger partial charge on any atom is -0.252 e. The zero-order chi connectivity index (χ0) is 27.6. The highest BCUT2D eigenvalue weighted by Gasteiger charge is 2.44. The van der Waals surface area contributed by atoms with Gasteiger partial charge in [-0.1, -0.05) is 106 Å². The third-order valence-electron chi connectivity index (χ3n) is 6.57. The number of rotatable bonds is 5. The lowest BCUT2D eigenvalue weighted by Gasteiger charge is -2.39. The number of aryl methyl sites for hydroxylation is 1.